The fourth-order valence-electron chi connectivity index (χ4n) is 1.82. The zero-order valence-corrected chi connectivity index (χ0v) is 13.5. The van der Waals surface area contributed by atoms with Crippen molar-refractivity contribution < 1.29 is 8.42 Å². The largest absolute Gasteiger partial charge is 0.310 e. The lowest BCUT2D eigenvalue weighted by Crippen LogP contribution is -2.20. The number of nitrogens with one attached hydrogen (secondary N) is 2. The first-order valence-electron chi connectivity index (χ1n) is 6.65. The van der Waals surface area contributed by atoms with E-state index in [2.05, 4.69) is 27.2 Å². The Kier molecular flexibility index (Phi) is 5.27. The number of nitrogens with zero attached hydrogens (tertiary/aromatic N) is 2. The average Bonchev–Trinajstić information content (AvgIpc) is 2.97. The molecular weight excluding hydrogens is 308 g/mol. The smallest absolute Gasteiger partial charge is 0.263 e. The van der Waals surface area contributed by atoms with E-state index < -0.39 is 10.0 Å². The normalized spacial score (nSPS) is 13.0. The van der Waals surface area contributed by atoms with Crippen LogP contribution in [0, 0.1) is 0 Å². The van der Waals surface area contributed by atoms with E-state index in [0.717, 1.165) is 29.9 Å². The van der Waals surface area contributed by atoms with Crippen molar-refractivity contribution in [2.24, 2.45) is 0 Å². The SMILES string of the molecule is CCCNC(C)c1cccc(S(=O)(=O)Nc2nncs2)c1. The Balaban J connectivity index is 2.20. The lowest BCUT2D eigenvalue weighted by Gasteiger charge is -2.14. The van der Waals surface area contributed by atoms with Crippen LogP contribution in [0.25, 0.3) is 0 Å². The van der Waals surface area contributed by atoms with Gasteiger partial charge in [-0.15, -0.1) is 10.2 Å². The van der Waals surface area contributed by atoms with Gasteiger partial charge in [0.15, 0.2) is 0 Å². The van der Waals surface area contributed by atoms with Crippen LogP contribution in [-0.4, -0.2) is 25.2 Å². The van der Waals surface area contributed by atoms with Gasteiger partial charge < -0.3 is 5.32 Å². The predicted molar refractivity (Wildman–Crippen MR) is 83.9 cm³/mol. The summed E-state index contributed by atoms with van der Waals surface area (Å²) in [6, 6.07) is 7.00. The standard InChI is InChI=1S/C13H18N4O2S2/c1-3-7-14-10(2)11-5-4-6-12(8-11)21(18,19)17-13-16-15-9-20-13/h4-6,8-10,14H,3,7H2,1-2H3,(H,16,17). The van der Waals surface area contributed by atoms with Gasteiger partial charge in [-0.25, -0.2) is 8.42 Å². The van der Waals surface area contributed by atoms with Crippen LogP contribution < -0.4 is 10.0 Å². The van der Waals surface area contributed by atoms with E-state index >= 15 is 0 Å². The Morgan fingerprint density at radius 3 is 2.86 bits per heavy atom. The minimum Gasteiger partial charge on any atom is -0.310 e. The molecule has 0 radical (unpaired) electrons. The Hall–Kier alpha value is -1.51. The molecule has 0 saturated heterocycles. The highest BCUT2D eigenvalue weighted by molar-refractivity contribution is 7.93. The molecule has 2 N–H and O–H groups in total. The van der Waals surface area contributed by atoms with E-state index in [1.807, 2.05) is 13.0 Å². The molecule has 1 aromatic heterocycles. The maximum absolute atomic E-state index is 12.3. The number of anilines is 1. The number of sulfonamides is 1. The van der Waals surface area contributed by atoms with Gasteiger partial charge in [0.1, 0.15) is 5.51 Å². The van der Waals surface area contributed by atoms with Crippen LogP contribution in [0.1, 0.15) is 31.9 Å². The molecule has 2 aromatic rings. The summed E-state index contributed by atoms with van der Waals surface area (Å²) in [5.74, 6) is 0. The summed E-state index contributed by atoms with van der Waals surface area (Å²) in [7, 11) is -3.63. The van der Waals surface area contributed by atoms with E-state index in [4.69, 9.17) is 0 Å². The van der Waals surface area contributed by atoms with Gasteiger partial charge in [0, 0.05) is 6.04 Å². The zero-order chi connectivity index (χ0) is 15.3. The molecule has 0 saturated carbocycles. The monoisotopic (exact) mass is 326 g/mol. The topological polar surface area (TPSA) is 84.0 Å². The minimum absolute atomic E-state index is 0.0987. The Morgan fingerprint density at radius 1 is 1.38 bits per heavy atom. The summed E-state index contributed by atoms with van der Waals surface area (Å²) < 4.78 is 27.0. The fourth-order valence-corrected chi connectivity index (χ4v) is 3.57. The third-order valence-electron chi connectivity index (χ3n) is 2.95. The minimum atomic E-state index is -3.63. The Labute approximate surface area is 128 Å². The highest BCUT2D eigenvalue weighted by Gasteiger charge is 2.17. The van der Waals surface area contributed by atoms with Crippen molar-refractivity contribution in [1.82, 2.24) is 15.5 Å². The summed E-state index contributed by atoms with van der Waals surface area (Å²) in [6.45, 7) is 4.99. The number of hydrogen-bond acceptors (Lipinski definition) is 6. The van der Waals surface area contributed by atoms with Gasteiger partial charge in [0.2, 0.25) is 5.13 Å². The Bertz CT molecular complexity index is 671. The third-order valence-corrected chi connectivity index (χ3v) is 5.02. The Morgan fingerprint density at radius 2 is 2.19 bits per heavy atom. The first-order chi connectivity index (χ1) is 10.0. The van der Waals surface area contributed by atoms with Gasteiger partial charge in [0.05, 0.1) is 4.90 Å². The van der Waals surface area contributed by atoms with E-state index in [9.17, 15) is 8.42 Å². The summed E-state index contributed by atoms with van der Waals surface area (Å²) in [6.07, 6.45) is 1.03. The van der Waals surface area contributed by atoms with Crippen molar-refractivity contribution in [2.45, 2.75) is 31.2 Å². The molecule has 1 aromatic carbocycles. The number of rotatable bonds is 7. The van der Waals surface area contributed by atoms with Crippen molar-refractivity contribution in [2.75, 3.05) is 11.3 Å². The second-order valence-electron chi connectivity index (χ2n) is 4.60. The van der Waals surface area contributed by atoms with Gasteiger partial charge in [-0.3, -0.25) is 4.72 Å². The maximum Gasteiger partial charge on any atom is 0.263 e. The molecule has 2 rings (SSSR count). The number of aromatic nitrogens is 2. The first-order valence-corrected chi connectivity index (χ1v) is 9.01. The number of hydrogen-bond donors (Lipinski definition) is 2. The molecule has 0 fully saturated rings. The van der Waals surface area contributed by atoms with Crippen molar-refractivity contribution in [3.05, 3.63) is 35.3 Å². The second kappa shape index (κ2) is 6.97. The first kappa shape index (κ1) is 15.9. The molecule has 0 amide bonds. The van der Waals surface area contributed by atoms with Gasteiger partial charge in [-0.05, 0) is 37.6 Å². The lowest BCUT2D eigenvalue weighted by molar-refractivity contribution is 0.569. The van der Waals surface area contributed by atoms with Crippen LogP contribution in [0.15, 0.2) is 34.7 Å². The molecule has 0 spiro atoms. The number of benzene rings is 1. The molecule has 1 atom stereocenters. The van der Waals surface area contributed by atoms with Crippen LogP contribution in [0.5, 0.6) is 0 Å². The molecule has 0 bridgehead atoms. The molecule has 0 aliphatic heterocycles. The van der Waals surface area contributed by atoms with Crippen LogP contribution >= 0.6 is 11.3 Å². The van der Waals surface area contributed by atoms with Crippen molar-refractivity contribution in [1.29, 1.82) is 0 Å². The molecule has 0 aliphatic carbocycles. The van der Waals surface area contributed by atoms with Crippen molar-refractivity contribution >= 4 is 26.5 Å². The molecule has 8 heteroatoms. The molecule has 114 valence electrons. The van der Waals surface area contributed by atoms with Gasteiger partial charge in [-0.1, -0.05) is 30.4 Å². The molecule has 6 nitrogen and oxygen atoms in total. The lowest BCUT2D eigenvalue weighted by atomic mass is 10.1. The highest BCUT2D eigenvalue weighted by atomic mass is 32.2. The third kappa shape index (κ3) is 4.23. The summed E-state index contributed by atoms with van der Waals surface area (Å²) >= 11 is 1.14. The van der Waals surface area contributed by atoms with E-state index in [1.165, 1.54) is 5.51 Å². The maximum atomic E-state index is 12.3. The van der Waals surface area contributed by atoms with E-state index in [0.29, 0.717) is 0 Å². The average molecular weight is 326 g/mol. The van der Waals surface area contributed by atoms with Crippen LogP contribution in [0.2, 0.25) is 0 Å². The molecule has 1 unspecified atom stereocenters. The zero-order valence-electron chi connectivity index (χ0n) is 11.9. The second-order valence-corrected chi connectivity index (χ2v) is 7.11. The van der Waals surface area contributed by atoms with E-state index in [-0.39, 0.29) is 16.1 Å². The molecule has 21 heavy (non-hydrogen) atoms. The quantitative estimate of drug-likeness (QED) is 0.816. The van der Waals surface area contributed by atoms with Gasteiger partial charge in [-0.2, -0.15) is 0 Å². The van der Waals surface area contributed by atoms with Crippen LogP contribution in [0.4, 0.5) is 5.13 Å². The highest BCUT2D eigenvalue weighted by Crippen LogP contribution is 2.20. The molecule has 0 aliphatic rings. The molecule has 1 heterocycles. The van der Waals surface area contributed by atoms with Gasteiger partial charge >= 0.3 is 0 Å². The summed E-state index contributed by atoms with van der Waals surface area (Å²) in [5, 5.41) is 10.9. The van der Waals surface area contributed by atoms with Crippen molar-refractivity contribution in [3.8, 4) is 0 Å². The summed E-state index contributed by atoms with van der Waals surface area (Å²) in [4.78, 5) is 0.223. The fraction of sp³-hybridized carbons (Fsp3) is 0.385. The predicted octanol–water partition coefficient (Wildman–Crippen LogP) is 2.40. The summed E-state index contributed by atoms with van der Waals surface area (Å²) in [5.41, 5.74) is 2.41. The van der Waals surface area contributed by atoms with Crippen LogP contribution in [-0.2, 0) is 10.0 Å². The van der Waals surface area contributed by atoms with Gasteiger partial charge in [0.25, 0.3) is 10.0 Å². The van der Waals surface area contributed by atoms with Crippen molar-refractivity contribution in [3.63, 3.8) is 0 Å². The molecular formula is C13H18N4O2S2. The van der Waals surface area contributed by atoms with Crippen LogP contribution in [0.3, 0.4) is 0 Å². The van der Waals surface area contributed by atoms with E-state index in [1.54, 1.807) is 18.2 Å².